The quantitative estimate of drug-likeness (QED) is 0.334. The predicted octanol–water partition coefficient (Wildman–Crippen LogP) is 3.49. The summed E-state index contributed by atoms with van der Waals surface area (Å²) in [5.74, 6) is -1.68. The number of nitro groups is 1. The topological polar surface area (TPSA) is 101 Å². The number of carboxylic acid groups (broad SMARTS) is 1. The lowest BCUT2D eigenvalue weighted by atomic mass is 10.0. The molecule has 9 heteroatoms. The van der Waals surface area contributed by atoms with Gasteiger partial charge in [-0.25, -0.2) is 4.79 Å². The summed E-state index contributed by atoms with van der Waals surface area (Å²) >= 11 is 6.23. The molecule has 1 atom stereocenters. The fourth-order valence-electron chi connectivity index (χ4n) is 2.75. The maximum Gasteiger partial charge on any atom is 0.327 e. The smallest absolute Gasteiger partial charge is 0.327 e. The van der Waals surface area contributed by atoms with Crippen LogP contribution in [0.3, 0.4) is 0 Å². The minimum Gasteiger partial charge on any atom is -0.480 e. The van der Waals surface area contributed by atoms with Gasteiger partial charge in [0.2, 0.25) is 0 Å². The minimum atomic E-state index is -1.16. The summed E-state index contributed by atoms with van der Waals surface area (Å²) < 4.78 is 0.144. The van der Waals surface area contributed by atoms with Crippen LogP contribution in [0.1, 0.15) is 11.1 Å². The number of aliphatic carboxylic acids is 1. The number of thiocarbonyl (C=S) groups is 1. The first-order valence-corrected chi connectivity index (χ1v) is 9.37. The van der Waals surface area contributed by atoms with Gasteiger partial charge in [-0.05, 0) is 17.2 Å². The number of nitrogens with zero attached hydrogens (tertiary/aromatic N) is 2. The lowest BCUT2D eigenvalue weighted by molar-refractivity contribution is -0.384. The summed E-state index contributed by atoms with van der Waals surface area (Å²) in [7, 11) is 0. The number of rotatable bonds is 6. The fourth-order valence-corrected chi connectivity index (χ4v) is 4.11. The van der Waals surface area contributed by atoms with Gasteiger partial charge in [-0.3, -0.25) is 19.8 Å². The molecule has 0 unspecified atom stereocenters. The highest BCUT2D eigenvalue weighted by atomic mass is 32.2. The van der Waals surface area contributed by atoms with Crippen LogP contribution in [0.5, 0.6) is 0 Å². The van der Waals surface area contributed by atoms with Crippen LogP contribution in [-0.2, 0) is 16.0 Å². The largest absolute Gasteiger partial charge is 0.480 e. The summed E-state index contributed by atoms with van der Waals surface area (Å²) in [5, 5.41) is 20.6. The molecule has 142 valence electrons. The second kappa shape index (κ2) is 8.32. The highest BCUT2D eigenvalue weighted by Crippen LogP contribution is 2.35. The Morgan fingerprint density at radius 3 is 2.61 bits per heavy atom. The van der Waals surface area contributed by atoms with Gasteiger partial charge < -0.3 is 5.11 Å². The molecule has 1 N–H and O–H groups in total. The van der Waals surface area contributed by atoms with Gasteiger partial charge in [0.25, 0.3) is 11.6 Å². The Morgan fingerprint density at radius 2 is 1.96 bits per heavy atom. The number of amides is 1. The number of carbonyl (C=O) groups excluding carboxylic acids is 1. The molecule has 3 rings (SSSR count). The zero-order chi connectivity index (χ0) is 20.3. The Hall–Kier alpha value is -3.04. The Morgan fingerprint density at radius 1 is 1.25 bits per heavy atom. The molecular formula is C19H14N2O5S2. The third-order valence-electron chi connectivity index (χ3n) is 4.07. The van der Waals surface area contributed by atoms with Crippen LogP contribution in [0.2, 0.25) is 0 Å². The average Bonchev–Trinajstić information content (AvgIpc) is 2.94. The summed E-state index contributed by atoms with van der Waals surface area (Å²) in [6.07, 6.45) is 1.60. The van der Waals surface area contributed by atoms with Crippen molar-refractivity contribution in [2.24, 2.45) is 0 Å². The molecule has 7 nitrogen and oxygen atoms in total. The van der Waals surface area contributed by atoms with E-state index in [9.17, 15) is 24.8 Å². The molecule has 0 spiro atoms. The Labute approximate surface area is 169 Å². The highest BCUT2D eigenvalue weighted by Gasteiger charge is 2.40. The first-order valence-electron chi connectivity index (χ1n) is 8.15. The van der Waals surface area contributed by atoms with Gasteiger partial charge >= 0.3 is 5.97 Å². The maximum atomic E-state index is 12.8. The Kier molecular flexibility index (Phi) is 5.86. The van der Waals surface area contributed by atoms with Crippen molar-refractivity contribution >= 4 is 51.9 Å². The molecule has 1 fully saturated rings. The molecule has 1 aliphatic rings. The molecule has 2 aromatic rings. The molecule has 0 bridgehead atoms. The second-order valence-corrected chi connectivity index (χ2v) is 7.62. The van der Waals surface area contributed by atoms with E-state index in [2.05, 4.69) is 0 Å². The van der Waals surface area contributed by atoms with Crippen molar-refractivity contribution in [1.29, 1.82) is 0 Å². The third kappa shape index (κ3) is 4.26. The van der Waals surface area contributed by atoms with Gasteiger partial charge in [0.15, 0.2) is 0 Å². The van der Waals surface area contributed by atoms with Crippen molar-refractivity contribution in [2.45, 2.75) is 12.5 Å². The van der Waals surface area contributed by atoms with E-state index in [1.165, 1.54) is 24.3 Å². The van der Waals surface area contributed by atoms with Crippen molar-refractivity contribution in [2.75, 3.05) is 0 Å². The van der Waals surface area contributed by atoms with E-state index in [0.29, 0.717) is 5.56 Å². The van der Waals surface area contributed by atoms with E-state index in [-0.39, 0.29) is 21.3 Å². The third-order valence-corrected chi connectivity index (χ3v) is 5.40. The van der Waals surface area contributed by atoms with E-state index >= 15 is 0 Å². The number of non-ortho nitro benzene ring substituents is 1. The number of benzene rings is 2. The van der Waals surface area contributed by atoms with Gasteiger partial charge in [-0.15, -0.1) is 0 Å². The van der Waals surface area contributed by atoms with Crippen molar-refractivity contribution in [3.05, 3.63) is 80.7 Å². The van der Waals surface area contributed by atoms with E-state index in [0.717, 1.165) is 22.2 Å². The van der Waals surface area contributed by atoms with Crippen molar-refractivity contribution < 1.29 is 19.6 Å². The molecule has 0 aromatic heterocycles. The van der Waals surface area contributed by atoms with Crippen LogP contribution in [0, 0.1) is 10.1 Å². The minimum absolute atomic E-state index is 0.100. The Bertz CT molecular complexity index is 991. The summed E-state index contributed by atoms with van der Waals surface area (Å²) in [6.45, 7) is 0. The molecular weight excluding hydrogens is 400 g/mol. The Balaban J connectivity index is 1.88. The normalized spacial score (nSPS) is 16.4. The molecule has 1 amide bonds. The molecule has 0 saturated carbocycles. The van der Waals surface area contributed by atoms with E-state index in [4.69, 9.17) is 12.2 Å². The van der Waals surface area contributed by atoms with E-state index in [1.807, 2.05) is 6.07 Å². The van der Waals surface area contributed by atoms with E-state index < -0.39 is 22.8 Å². The van der Waals surface area contributed by atoms with Crippen molar-refractivity contribution in [3.63, 3.8) is 0 Å². The summed E-state index contributed by atoms with van der Waals surface area (Å²) in [6, 6.07) is 13.7. The predicted molar refractivity (Wildman–Crippen MR) is 110 cm³/mol. The standard InChI is InChI=1S/C19H14N2O5S2/c22-17-16(11-13-7-4-8-14(9-13)21(25)26)28-19(27)20(17)15(18(23)24)10-12-5-2-1-3-6-12/h1-9,11,15H,10H2,(H,23,24)/b16-11-/t15-/m1/s1. The summed E-state index contributed by atoms with van der Waals surface area (Å²) in [5.41, 5.74) is 1.13. The number of carboxylic acids is 1. The van der Waals surface area contributed by atoms with Gasteiger partial charge in [0, 0.05) is 18.6 Å². The molecule has 1 saturated heterocycles. The first kappa shape index (κ1) is 19.7. The van der Waals surface area contributed by atoms with Crippen molar-refractivity contribution in [3.8, 4) is 0 Å². The van der Waals surface area contributed by atoms with Crippen LogP contribution >= 0.6 is 24.0 Å². The molecule has 1 aliphatic heterocycles. The van der Waals surface area contributed by atoms with E-state index in [1.54, 1.807) is 30.3 Å². The fraction of sp³-hybridized carbons (Fsp3) is 0.105. The zero-order valence-electron chi connectivity index (χ0n) is 14.3. The van der Waals surface area contributed by atoms with Gasteiger partial charge in [-0.2, -0.15) is 0 Å². The average molecular weight is 414 g/mol. The monoisotopic (exact) mass is 414 g/mol. The lowest BCUT2D eigenvalue weighted by Gasteiger charge is -2.23. The van der Waals surface area contributed by atoms with Crippen LogP contribution in [0.4, 0.5) is 5.69 Å². The maximum absolute atomic E-state index is 12.8. The SMILES string of the molecule is O=C(O)[C@@H](Cc1ccccc1)N1C(=O)/C(=C/c2cccc([N+](=O)[O-])c2)SC1=S. The zero-order valence-corrected chi connectivity index (χ0v) is 16.0. The van der Waals surface area contributed by atoms with Crippen LogP contribution < -0.4 is 0 Å². The molecule has 0 radical (unpaired) electrons. The number of nitro benzene ring substituents is 1. The number of thioether (sulfide) groups is 1. The van der Waals surface area contributed by atoms with Gasteiger partial charge in [0.05, 0.1) is 9.83 Å². The summed E-state index contributed by atoms with van der Waals surface area (Å²) in [4.78, 5) is 36.3. The van der Waals surface area contributed by atoms with Crippen LogP contribution in [0.25, 0.3) is 6.08 Å². The second-order valence-electron chi connectivity index (χ2n) is 5.95. The number of hydrogen-bond donors (Lipinski definition) is 1. The van der Waals surface area contributed by atoms with Crippen LogP contribution in [0.15, 0.2) is 59.5 Å². The first-order chi connectivity index (χ1) is 13.4. The van der Waals surface area contributed by atoms with Crippen molar-refractivity contribution in [1.82, 2.24) is 4.90 Å². The van der Waals surface area contributed by atoms with Gasteiger partial charge in [-0.1, -0.05) is 66.4 Å². The molecule has 1 heterocycles. The van der Waals surface area contributed by atoms with Gasteiger partial charge in [0.1, 0.15) is 10.4 Å². The molecule has 0 aliphatic carbocycles. The number of hydrogen-bond acceptors (Lipinski definition) is 6. The molecule has 28 heavy (non-hydrogen) atoms. The highest BCUT2D eigenvalue weighted by molar-refractivity contribution is 8.26. The number of carbonyl (C=O) groups is 2. The molecule has 2 aromatic carbocycles. The lowest BCUT2D eigenvalue weighted by Crippen LogP contribution is -2.45. The van der Waals surface area contributed by atoms with Crippen LogP contribution in [-0.4, -0.2) is 37.2 Å².